The molecule has 0 saturated carbocycles. The van der Waals surface area contributed by atoms with E-state index in [1.807, 2.05) is 6.26 Å². The Morgan fingerprint density at radius 1 is 1.19 bits per heavy atom. The van der Waals surface area contributed by atoms with Crippen LogP contribution in [0.5, 0.6) is 0 Å². The van der Waals surface area contributed by atoms with Gasteiger partial charge in [0.05, 0.1) is 24.1 Å². The first-order valence-electron chi connectivity index (χ1n) is 6.43. The van der Waals surface area contributed by atoms with Gasteiger partial charge in [-0.15, -0.1) is 11.8 Å². The second-order valence-electron chi connectivity index (χ2n) is 4.59. The van der Waals surface area contributed by atoms with Gasteiger partial charge in [0.15, 0.2) is 0 Å². The third-order valence-corrected chi connectivity index (χ3v) is 4.13. The van der Waals surface area contributed by atoms with Gasteiger partial charge in [-0.1, -0.05) is 6.92 Å². The van der Waals surface area contributed by atoms with Gasteiger partial charge in [0.25, 0.3) is 0 Å². The van der Waals surface area contributed by atoms with Gasteiger partial charge >= 0.3 is 0 Å². The normalized spacial score (nSPS) is 13.7. The second-order valence-corrected chi connectivity index (χ2v) is 6.29. The molecule has 6 nitrogen and oxygen atoms in total. The standard InChI is InChI=1S/C13H17BrN6S/c1-8(12(15)10-6-17-11(14)7-16-10)3-18-13-19-4-9(21-2)5-20-13/h4-8,12H,3,15H2,1-2H3,(H,18,19,20). The highest BCUT2D eigenvalue weighted by Gasteiger charge is 2.16. The lowest BCUT2D eigenvalue weighted by molar-refractivity contribution is 0.480. The van der Waals surface area contributed by atoms with Crippen LogP contribution in [0.25, 0.3) is 0 Å². The Hall–Kier alpha value is -1.25. The van der Waals surface area contributed by atoms with Gasteiger partial charge in [0.2, 0.25) is 5.95 Å². The summed E-state index contributed by atoms with van der Waals surface area (Å²) in [6, 6.07) is -0.191. The van der Waals surface area contributed by atoms with E-state index in [-0.39, 0.29) is 12.0 Å². The number of hydrogen-bond donors (Lipinski definition) is 2. The van der Waals surface area contributed by atoms with Crippen LogP contribution in [-0.4, -0.2) is 32.7 Å². The molecule has 0 aromatic carbocycles. The highest BCUT2D eigenvalue weighted by Crippen LogP contribution is 2.18. The summed E-state index contributed by atoms with van der Waals surface area (Å²) in [5.74, 6) is 0.776. The summed E-state index contributed by atoms with van der Waals surface area (Å²) in [4.78, 5) is 18.0. The number of nitrogens with zero attached hydrogens (tertiary/aromatic N) is 4. The van der Waals surface area contributed by atoms with Gasteiger partial charge in [-0.25, -0.2) is 15.0 Å². The summed E-state index contributed by atoms with van der Waals surface area (Å²) in [5.41, 5.74) is 6.97. The first kappa shape index (κ1) is 16.1. The molecule has 8 heteroatoms. The number of anilines is 1. The highest BCUT2D eigenvalue weighted by molar-refractivity contribution is 9.10. The van der Waals surface area contributed by atoms with Crippen molar-refractivity contribution < 1.29 is 0 Å². The molecule has 0 fully saturated rings. The molecule has 3 N–H and O–H groups in total. The summed E-state index contributed by atoms with van der Waals surface area (Å²) in [5, 5.41) is 3.19. The van der Waals surface area contributed by atoms with E-state index in [1.165, 1.54) is 0 Å². The zero-order chi connectivity index (χ0) is 15.2. The number of thioether (sulfide) groups is 1. The zero-order valence-electron chi connectivity index (χ0n) is 11.8. The molecule has 2 unspecified atom stereocenters. The van der Waals surface area contributed by atoms with Crippen molar-refractivity contribution in [3.8, 4) is 0 Å². The Morgan fingerprint density at radius 3 is 2.48 bits per heavy atom. The largest absolute Gasteiger partial charge is 0.354 e. The molecule has 112 valence electrons. The average Bonchev–Trinajstić information content (AvgIpc) is 2.53. The molecule has 2 rings (SSSR count). The lowest BCUT2D eigenvalue weighted by Gasteiger charge is -2.19. The van der Waals surface area contributed by atoms with Crippen molar-refractivity contribution >= 4 is 33.6 Å². The molecule has 0 bridgehead atoms. The molecule has 0 aliphatic heterocycles. The molecule has 0 amide bonds. The molecule has 2 atom stereocenters. The van der Waals surface area contributed by atoms with Crippen molar-refractivity contribution in [1.29, 1.82) is 0 Å². The Labute approximate surface area is 136 Å². The van der Waals surface area contributed by atoms with Crippen LogP contribution < -0.4 is 11.1 Å². The first-order chi connectivity index (χ1) is 10.1. The summed E-state index contributed by atoms with van der Waals surface area (Å²) in [7, 11) is 0. The molecule has 0 aliphatic carbocycles. The molecular weight excluding hydrogens is 352 g/mol. The Kier molecular flexibility index (Phi) is 5.89. The molecule has 2 heterocycles. The number of aromatic nitrogens is 4. The summed E-state index contributed by atoms with van der Waals surface area (Å²) >= 11 is 4.87. The van der Waals surface area contributed by atoms with Crippen LogP contribution in [0.1, 0.15) is 18.7 Å². The van der Waals surface area contributed by atoms with Crippen molar-refractivity contribution in [2.45, 2.75) is 17.9 Å². The SMILES string of the molecule is CSc1cnc(NCC(C)C(N)c2cnc(Br)cn2)nc1. The van der Waals surface area contributed by atoms with E-state index in [0.717, 1.165) is 10.6 Å². The van der Waals surface area contributed by atoms with E-state index in [0.29, 0.717) is 17.1 Å². The predicted octanol–water partition coefficient (Wildman–Crippen LogP) is 2.50. The Balaban J connectivity index is 1.91. The van der Waals surface area contributed by atoms with Crippen molar-refractivity contribution in [3.05, 3.63) is 35.1 Å². The minimum atomic E-state index is -0.191. The lowest BCUT2D eigenvalue weighted by Crippen LogP contribution is -2.26. The van der Waals surface area contributed by atoms with Crippen LogP contribution in [0.2, 0.25) is 0 Å². The van der Waals surface area contributed by atoms with Crippen LogP contribution in [0.3, 0.4) is 0 Å². The molecule has 0 aliphatic rings. The third kappa shape index (κ3) is 4.62. The first-order valence-corrected chi connectivity index (χ1v) is 8.45. The van der Waals surface area contributed by atoms with Crippen molar-refractivity contribution in [1.82, 2.24) is 19.9 Å². The summed E-state index contributed by atoms with van der Waals surface area (Å²) in [6.45, 7) is 2.72. The van der Waals surface area contributed by atoms with Gasteiger partial charge in [-0.3, -0.25) is 4.98 Å². The molecular formula is C13H17BrN6S. The number of halogens is 1. The highest BCUT2D eigenvalue weighted by atomic mass is 79.9. The van der Waals surface area contributed by atoms with E-state index in [9.17, 15) is 0 Å². The number of nitrogens with one attached hydrogen (secondary N) is 1. The van der Waals surface area contributed by atoms with E-state index in [4.69, 9.17) is 5.73 Å². The van der Waals surface area contributed by atoms with Gasteiger partial charge in [-0.2, -0.15) is 0 Å². The average molecular weight is 369 g/mol. The second kappa shape index (κ2) is 7.67. The van der Waals surface area contributed by atoms with Crippen LogP contribution in [0.4, 0.5) is 5.95 Å². The number of hydrogen-bond acceptors (Lipinski definition) is 7. The molecule has 0 radical (unpaired) electrons. The third-order valence-electron chi connectivity index (χ3n) is 3.04. The molecule has 2 aromatic rings. The zero-order valence-corrected chi connectivity index (χ0v) is 14.2. The topological polar surface area (TPSA) is 89.6 Å². The fourth-order valence-corrected chi connectivity index (χ4v) is 2.20. The van der Waals surface area contributed by atoms with Crippen molar-refractivity contribution in [2.75, 3.05) is 18.1 Å². The van der Waals surface area contributed by atoms with Crippen LogP contribution in [0.15, 0.2) is 34.3 Å². The summed E-state index contributed by atoms with van der Waals surface area (Å²) < 4.78 is 0.700. The predicted molar refractivity (Wildman–Crippen MR) is 88.1 cm³/mol. The summed E-state index contributed by atoms with van der Waals surface area (Å²) in [6.07, 6.45) is 8.93. The minimum absolute atomic E-state index is 0.171. The lowest BCUT2D eigenvalue weighted by atomic mass is 10.0. The maximum Gasteiger partial charge on any atom is 0.222 e. The number of nitrogens with two attached hydrogens (primary N) is 1. The van der Waals surface area contributed by atoms with Crippen LogP contribution in [0, 0.1) is 5.92 Å². The Bertz CT molecular complexity index is 562. The van der Waals surface area contributed by atoms with Crippen LogP contribution in [-0.2, 0) is 0 Å². The maximum atomic E-state index is 6.20. The van der Waals surface area contributed by atoms with E-state index >= 15 is 0 Å². The smallest absolute Gasteiger partial charge is 0.222 e. The molecule has 2 aromatic heterocycles. The monoisotopic (exact) mass is 368 g/mol. The minimum Gasteiger partial charge on any atom is -0.354 e. The molecule has 0 saturated heterocycles. The van der Waals surface area contributed by atoms with Crippen molar-refractivity contribution in [2.24, 2.45) is 11.7 Å². The van der Waals surface area contributed by atoms with E-state index in [2.05, 4.69) is 48.1 Å². The van der Waals surface area contributed by atoms with Crippen LogP contribution >= 0.6 is 27.7 Å². The van der Waals surface area contributed by atoms with Gasteiger partial charge < -0.3 is 11.1 Å². The quantitative estimate of drug-likeness (QED) is 0.756. The maximum absolute atomic E-state index is 6.20. The Morgan fingerprint density at radius 2 is 1.90 bits per heavy atom. The van der Waals surface area contributed by atoms with Gasteiger partial charge in [0, 0.05) is 23.8 Å². The van der Waals surface area contributed by atoms with Gasteiger partial charge in [-0.05, 0) is 28.1 Å². The number of rotatable bonds is 6. The molecule has 21 heavy (non-hydrogen) atoms. The van der Waals surface area contributed by atoms with E-state index < -0.39 is 0 Å². The van der Waals surface area contributed by atoms with Gasteiger partial charge in [0.1, 0.15) is 4.60 Å². The fraction of sp³-hybridized carbons (Fsp3) is 0.385. The fourth-order valence-electron chi connectivity index (χ4n) is 1.68. The molecule has 0 spiro atoms. The van der Waals surface area contributed by atoms with E-state index in [1.54, 1.807) is 36.5 Å². The van der Waals surface area contributed by atoms with Crippen molar-refractivity contribution in [3.63, 3.8) is 0 Å².